The number of carbonyl (C=O) groups is 2. The fraction of sp³-hybridized carbons (Fsp3) is 0.417. The van der Waals surface area contributed by atoms with Crippen LogP contribution in [-0.2, 0) is 16.1 Å². The van der Waals surface area contributed by atoms with Crippen molar-refractivity contribution in [1.82, 2.24) is 4.90 Å². The number of hydrogen-bond acceptors (Lipinski definition) is 3. The zero-order valence-corrected chi connectivity index (χ0v) is 18.1. The zero-order valence-electron chi connectivity index (χ0n) is 18.1. The average Bonchev–Trinajstić information content (AvgIpc) is 2.67. The van der Waals surface area contributed by atoms with Gasteiger partial charge >= 0.3 is 5.97 Å². The summed E-state index contributed by atoms with van der Waals surface area (Å²) in [5.41, 5.74) is 6.84. The van der Waals surface area contributed by atoms with Crippen LogP contribution in [0.4, 0.5) is 0 Å². The molecular weight excluding hydrogens is 350 g/mol. The third kappa shape index (κ3) is 4.61. The van der Waals surface area contributed by atoms with Gasteiger partial charge in [-0.2, -0.15) is 0 Å². The summed E-state index contributed by atoms with van der Waals surface area (Å²) in [5.74, 6) is -0.624. The largest absolute Gasteiger partial charge is 0.452 e. The Bertz CT molecular complexity index is 840. The minimum absolute atomic E-state index is 0.0127. The smallest absolute Gasteiger partial charge is 0.339 e. The Morgan fingerprint density at radius 1 is 0.857 bits per heavy atom. The lowest BCUT2D eigenvalue weighted by Gasteiger charge is -2.27. The second-order valence-corrected chi connectivity index (χ2v) is 7.68. The van der Waals surface area contributed by atoms with Crippen LogP contribution in [0.3, 0.4) is 0 Å². The Morgan fingerprint density at radius 3 is 1.86 bits per heavy atom. The molecule has 0 N–H and O–H groups in total. The maximum Gasteiger partial charge on any atom is 0.339 e. The maximum absolute atomic E-state index is 12.8. The Morgan fingerprint density at radius 2 is 1.36 bits per heavy atom. The highest BCUT2D eigenvalue weighted by Gasteiger charge is 2.23. The normalized spacial score (nSPS) is 10.9. The van der Waals surface area contributed by atoms with Crippen LogP contribution < -0.4 is 0 Å². The first-order valence-corrected chi connectivity index (χ1v) is 9.72. The number of esters is 1. The van der Waals surface area contributed by atoms with Crippen molar-refractivity contribution in [2.45, 2.75) is 61.1 Å². The van der Waals surface area contributed by atoms with Gasteiger partial charge in [-0.25, -0.2) is 4.79 Å². The second kappa shape index (κ2) is 9.05. The van der Waals surface area contributed by atoms with E-state index in [9.17, 15) is 9.59 Å². The van der Waals surface area contributed by atoms with Crippen LogP contribution in [0.15, 0.2) is 30.3 Å². The minimum Gasteiger partial charge on any atom is -0.452 e. The lowest BCUT2D eigenvalue weighted by atomic mass is 9.90. The molecule has 0 aromatic heterocycles. The van der Waals surface area contributed by atoms with Gasteiger partial charge in [-0.05, 0) is 81.8 Å². The topological polar surface area (TPSA) is 46.6 Å². The summed E-state index contributed by atoms with van der Waals surface area (Å²) in [4.78, 5) is 27.2. The molecule has 0 aliphatic carbocycles. The predicted octanol–water partition coefficient (Wildman–Crippen LogP) is 4.82. The first kappa shape index (κ1) is 21.7. The monoisotopic (exact) mass is 381 g/mol. The molecule has 28 heavy (non-hydrogen) atoms. The third-order valence-electron chi connectivity index (χ3n) is 5.67. The van der Waals surface area contributed by atoms with Crippen molar-refractivity contribution in [1.29, 1.82) is 0 Å². The van der Waals surface area contributed by atoms with Crippen LogP contribution in [0.1, 0.15) is 57.6 Å². The lowest BCUT2D eigenvalue weighted by Crippen LogP contribution is -2.39. The van der Waals surface area contributed by atoms with Gasteiger partial charge in [0.25, 0.3) is 5.91 Å². The second-order valence-electron chi connectivity index (χ2n) is 7.68. The van der Waals surface area contributed by atoms with Gasteiger partial charge in [-0.1, -0.05) is 30.3 Å². The van der Waals surface area contributed by atoms with Gasteiger partial charge in [0.15, 0.2) is 6.61 Å². The number of carbonyl (C=O) groups excluding carboxylic acids is 2. The zero-order chi connectivity index (χ0) is 21.0. The summed E-state index contributed by atoms with van der Waals surface area (Å²) in [6.45, 7) is 14.1. The molecule has 0 saturated heterocycles. The summed E-state index contributed by atoms with van der Waals surface area (Å²) < 4.78 is 5.44. The maximum atomic E-state index is 12.8. The van der Waals surface area contributed by atoms with E-state index in [0.717, 1.165) is 27.8 Å². The van der Waals surface area contributed by atoms with Gasteiger partial charge in [-0.15, -0.1) is 0 Å². The van der Waals surface area contributed by atoms with E-state index in [1.54, 1.807) is 4.90 Å². The minimum atomic E-state index is -0.432. The first-order chi connectivity index (χ1) is 13.1. The molecule has 1 amide bonds. The van der Waals surface area contributed by atoms with E-state index in [0.29, 0.717) is 12.1 Å². The van der Waals surface area contributed by atoms with E-state index in [1.165, 1.54) is 5.56 Å². The Balaban J connectivity index is 2.14. The molecule has 0 bridgehead atoms. The van der Waals surface area contributed by atoms with Crippen molar-refractivity contribution in [2.24, 2.45) is 0 Å². The molecule has 0 atom stereocenters. The van der Waals surface area contributed by atoms with Crippen molar-refractivity contribution in [3.63, 3.8) is 0 Å². The highest BCUT2D eigenvalue weighted by atomic mass is 16.5. The molecule has 2 rings (SSSR count). The molecule has 0 fully saturated rings. The Labute approximate surface area is 168 Å². The highest BCUT2D eigenvalue weighted by Crippen LogP contribution is 2.26. The van der Waals surface area contributed by atoms with Crippen molar-refractivity contribution < 1.29 is 14.3 Å². The molecule has 0 unspecified atom stereocenters. The predicted molar refractivity (Wildman–Crippen MR) is 113 cm³/mol. The molecule has 0 aliphatic heterocycles. The molecule has 0 heterocycles. The summed E-state index contributed by atoms with van der Waals surface area (Å²) >= 11 is 0. The molecule has 4 nitrogen and oxygen atoms in total. The van der Waals surface area contributed by atoms with Crippen LogP contribution >= 0.6 is 0 Å². The van der Waals surface area contributed by atoms with Crippen molar-refractivity contribution in [3.8, 4) is 0 Å². The van der Waals surface area contributed by atoms with Gasteiger partial charge in [-0.3, -0.25) is 4.79 Å². The van der Waals surface area contributed by atoms with E-state index in [1.807, 2.05) is 71.9 Å². The van der Waals surface area contributed by atoms with Crippen LogP contribution in [0.5, 0.6) is 0 Å². The summed E-state index contributed by atoms with van der Waals surface area (Å²) in [5, 5.41) is 0. The SMILES string of the molecule is Cc1c(C)c(C)c(C(=O)OCC(=O)N(Cc2ccccc2)C(C)C)c(C)c1C. The van der Waals surface area contributed by atoms with E-state index in [4.69, 9.17) is 4.74 Å². The molecule has 2 aromatic carbocycles. The number of hydrogen-bond donors (Lipinski definition) is 0. The molecule has 0 radical (unpaired) electrons. The third-order valence-corrected chi connectivity index (χ3v) is 5.67. The summed E-state index contributed by atoms with van der Waals surface area (Å²) in [6, 6.07) is 9.83. The fourth-order valence-electron chi connectivity index (χ4n) is 3.43. The molecule has 0 saturated carbocycles. The number of nitrogens with zero attached hydrogens (tertiary/aromatic N) is 1. The fourth-order valence-corrected chi connectivity index (χ4v) is 3.43. The standard InChI is InChI=1S/C24H31NO3/c1-15(2)25(13-21-11-9-8-10-12-21)22(26)14-28-24(27)23-19(6)17(4)16(3)18(5)20(23)7/h8-12,15H,13-14H2,1-7H3. The van der Waals surface area contributed by atoms with E-state index in [-0.39, 0.29) is 18.6 Å². The van der Waals surface area contributed by atoms with Crippen molar-refractivity contribution in [3.05, 3.63) is 69.3 Å². The molecule has 150 valence electrons. The molecule has 0 aliphatic rings. The van der Waals surface area contributed by atoms with E-state index < -0.39 is 5.97 Å². The Hall–Kier alpha value is -2.62. The number of benzene rings is 2. The van der Waals surface area contributed by atoms with Crippen LogP contribution in [0, 0.1) is 34.6 Å². The quantitative estimate of drug-likeness (QED) is 0.674. The first-order valence-electron chi connectivity index (χ1n) is 9.72. The van der Waals surface area contributed by atoms with Gasteiger partial charge < -0.3 is 9.64 Å². The van der Waals surface area contributed by atoms with Gasteiger partial charge in [0.1, 0.15) is 0 Å². The lowest BCUT2D eigenvalue weighted by molar-refractivity contribution is -0.136. The number of amides is 1. The van der Waals surface area contributed by atoms with Crippen LogP contribution in [-0.4, -0.2) is 29.4 Å². The number of rotatable bonds is 6. The molecule has 4 heteroatoms. The molecule has 0 spiro atoms. The van der Waals surface area contributed by atoms with Gasteiger partial charge in [0.05, 0.1) is 5.56 Å². The van der Waals surface area contributed by atoms with Crippen molar-refractivity contribution in [2.75, 3.05) is 6.61 Å². The molecule has 2 aromatic rings. The van der Waals surface area contributed by atoms with Crippen LogP contribution in [0.25, 0.3) is 0 Å². The highest BCUT2D eigenvalue weighted by molar-refractivity contribution is 5.95. The Kier molecular flexibility index (Phi) is 7.00. The van der Waals surface area contributed by atoms with Gasteiger partial charge in [0, 0.05) is 12.6 Å². The summed E-state index contributed by atoms with van der Waals surface area (Å²) in [6.07, 6.45) is 0. The van der Waals surface area contributed by atoms with Crippen molar-refractivity contribution >= 4 is 11.9 Å². The van der Waals surface area contributed by atoms with Gasteiger partial charge in [0.2, 0.25) is 0 Å². The van der Waals surface area contributed by atoms with Crippen LogP contribution in [0.2, 0.25) is 0 Å². The molecular formula is C24H31NO3. The average molecular weight is 382 g/mol. The summed E-state index contributed by atoms with van der Waals surface area (Å²) in [7, 11) is 0. The van der Waals surface area contributed by atoms with E-state index in [2.05, 4.69) is 6.92 Å². The number of ether oxygens (including phenoxy) is 1. The van der Waals surface area contributed by atoms with E-state index >= 15 is 0 Å².